The van der Waals surface area contributed by atoms with Crippen LogP contribution in [0.3, 0.4) is 0 Å². The molecule has 1 amide bonds. The van der Waals surface area contributed by atoms with Crippen LogP contribution < -0.4 is 0 Å². The van der Waals surface area contributed by atoms with Gasteiger partial charge in [-0.2, -0.15) is 0 Å². The lowest BCUT2D eigenvalue weighted by molar-refractivity contribution is -0.133. The average Bonchev–Trinajstić information content (AvgIpc) is 2.61. The minimum absolute atomic E-state index is 0.0940. The van der Waals surface area contributed by atoms with Crippen LogP contribution >= 0.6 is 0 Å². The Bertz CT molecular complexity index is 520. The number of aromatic nitrogens is 1. The summed E-state index contributed by atoms with van der Waals surface area (Å²) in [6, 6.07) is 4.08. The fourth-order valence-electron chi connectivity index (χ4n) is 3.26. The van der Waals surface area contributed by atoms with Gasteiger partial charge in [-0.3, -0.25) is 14.7 Å². The zero-order chi connectivity index (χ0) is 14.8. The summed E-state index contributed by atoms with van der Waals surface area (Å²) in [5, 5.41) is 0. The summed E-state index contributed by atoms with van der Waals surface area (Å²) in [6.45, 7) is 6.00. The first-order valence-electron chi connectivity index (χ1n) is 7.62. The maximum absolute atomic E-state index is 11.8. The summed E-state index contributed by atoms with van der Waals surface area (Å²) in [4.78, 5) is 20.5. The van der Waals surface area contributed by atoms with E-state index >= 15 is 0 Å². The molecule has 0 aliphatic carbocycles. The van der Waals surface area contributed by atoms with Crippen LogP contribution in [0.5, 0.6) is 0 Å². The van der Waals surface area contributed by atoms with Crippen molar-refractivity contribution < 1.29 is 9.53 Å². The van der Waals surface area contributed by atoms with Gasteiger partial charge in [0, 0.05) is 45.3 Å². The molecule has 0 N–H and O–H groups in total. The lowest BCUT2D eigenvalue weighted by Gasteiger charge is -2.37. The van der Waals surface area contributed by atoms with E-state index in [0.29, 0.717) is 5.92 Å². The van der Waals surface area contributed by atoms with Gasteiger partial charge in [0.15, 0.2) is 0 Å². The van der Waals surface area contributed by atoms with E-state index in [1.54, 1.807) is 4.90 Å². The summed E-state index contributed by atoms with van der Waals surface area (Å²) in [6.07, 6.45) is 3.08. The molecule has 0 saturated carbocycles. The molecule has 3 rings (SSSR count). The Hall–Kier alpha value is -1.46. The van der Waals surface area contributed by atoms with E-state index in [1.165, 1.54) is 5.56 Å². The Labute approximate surface area is 125 Å². The topological polar surface area (TPSA) is 45.7 Å². The fraction of sp³-hybridized carbons (Fsp3) is 0.625. The number of likely N-dealkylation sites (N-methyl/N-ethyl adjacent to an activating group) is 1. The molecule has 21 heavy (non-hydrogen) atoms. The highest BCUT2D eigenvalue weighted by atomic mass is 16.5. The van der Waals surface area contributed by atoms with Gasteiger partial charge in [0.1, 0.15) is 6.61 Å². The lowest BCUT2D eigenvalue weighted by Crippen LogP contribution is -2.46. The van der Waals surface area contributed by atoms with Gasteiger partial charge < -0.3 is 9.64 Å². The number of amides is 1. The quantitative estimate of drug-likeness (QED) is 0.817. The summed E-state index contributed by atoms with van der Waals surface area (Å²) in [7, 11) is 1.87. The normalized spacial score (nSPS) is 27.3. The van der Waals surface area contributed by atoms with E-state index in [-0.39, 0.29) is 18.6 Å². The van der Waals surface area contributed by atoms with Crippen molar-refractivity contribution in [2.24, 2.45) is 5.92 Å². The van der Waals surface area contributed by atoms with Gasteiger partial charge in [0.25, 0.3) is 0 Å². The first-order chi connectivity index (χ1) is 10.1. The first kappa shape index (κ1) is 14.5. The summed E-state index contributed by atoms with van der Waals surface area (Å²) >= 11 is 0. The molecule has 1 aromatic heterocycles. The van der Waals surface area contributed by atoms with Gasteiger partial charge in [-0.25, -0.2) is 0 Å². The van der Waals surface area contributed by atoms with Crippen LogP contribution in [0.2, 0.25) is 0 Å². The minimum Gasteiger partial charge on any atom is -0.368 e. The van der Waals surface area contributed by atoms with Crippen LogP contribution in [0.25, 0.3) is 0 Å². The van der Waals surface area contributed by atoms with E-state index in [2.05, 4.69) is 22.9 Å². The van der Waals surface area contributed by atoms with Crippen LogP contribution in [-0.2, 0) is 16.1 Å². The SMILES string of the molecule is Cc1cccnc1CN1CC[C@@H]2OCC(=O)N(C)C[C@H]2C1. The maximum Gasteiger partial charge on any atom is 0.248 e. The molecule has 0 bridgehead atoms. The number of piperidine rings is 1. The Morgan fingerprint density at radius 3 is 3.10 bits per heavy atom. The highest BCUT2D eigenvalue weighted by molar-refractivity contribution is 5.77. The molecule has 5 nitrogen and oxygen atoms in total. The second kappa shape index (κ2) is 6.12. The van der Waals surface area contributed by atoms with Crippen LogP contribution in [-0.4, -0.2) is 60.1 Å². The van der Waals surface area contributed by atoms with Crippen LogP contribution in [0, 0.1) is 12.8 Å². The summed E-state index contributed by atoms with van der Waals surface area (Å²) in [5.74, 6) is 0.496. The predicted molar refractivity (Wildman–Crippen MR) is 79.7 cm³/mol. The number of likely N-dealkylation sites (tertiary alicyclic amines) is 1. The molecule has 0 radical (unpaired) electrons. The molecule has 1 aromatic rings. The van der Waals surface area contributed by atoms with Crippen molar-refractivity contribution in [3.05, 3.63) is 29.6 Å². The summed E-state index contributed by atoms with van der Waals surface area (Å²) in [5.41, 5.74) is 2.39. The van der Waals surface area contributed by atoms with Gasteiger partial charge in [-0.1, -0.05) is 6.07 Å². The van der Waals surface area contributed by atoms with E-state index in [1.807, 2.05) is 19.3 Å². The number of ether oxygens (including phenoxy) is 1. The van der Waals surface area contributed by atoms with Gasteiger partial charge in [-0.15, -0.1) is 0 Å². The van der Waals surface area contributed by atoms with Crippen molar-refractivity contribution in [1.29, 1.82) is 0 Å². The molecule has 0 unspecified atom stereocenters. The van der Waals surface area contributed by atoms with Crippen molar-refractivity contribution in [3.63, 3.8) is 0 Å². The number of nitrogens with zero attached hydrogens (tertiary/aromatic N) is 3. The molecule has 2 saturated heterocycles. The highest BCUT2D eigenvalue weighted by Crippen LogP contribution is 2.24. The third-order valence-corrected chi connectivity index (χ3v) is 4.59. The van der Waals surface area contributed by atoms with E-state index in [4.69, 9.17) is 4.74 Å². The van der Waals surface area contributed by atoms with Gasteiger partial charge in [0.05, 0.1) is 11.8 Å². The molecule has 5 heteroatoms. The number of aryl methyl sites for hydroxylation is 1. The number of rotatable bonds is 2. The van der Waals surface area contributed by atoms with E-state index < -0.39 is 0 Å². The Kier molecular flexibility index (Phi) is 4.22. The number of hydrogen-bond acceptors (Lipinski definition) is 4. The minimum atomic E-state index is 0.0940. The van der Waals surface area contributed by atoms with Crippen LogP contribution in [0.15, 0.2) is 18.3 Å². The molecular weight excluding hydrogens is 266 g/mol. The van der Waals surface area contributed by atoms with Crippen molar-refractivity contribution in [2.75, 3.05) is 33.3 Å². The average molecular weight is 289 g/mol. The van der Waals surface area contributed by atoms with E-state index in [9.17, 15) is 4.79 Å². The van der Waals surface area contributed by atoms with Gasteiger partial charge in [-0.05, 0) is 25.0 Å². The Balaban J connectivity index is 1.66. The van der Waals surface area contributed by atoms with Crippen molar-refractivity contribution in [3.8, 4) is 0 Å². The number of carbonyl (C=O) groups excluding carboxylic acids is 1. The second-order valence-corrected chi connectivity index (χ2v) is 6.17. The number of fused-ring (bicyclic) bond motifs is 1. The standard InChI is InChI=1S/C16H23N3O2/c1-12-4-3-6-17-14(12)10-19-7-5-15-13(9-19)8-18(2)16(20)11-21-15/h3-4,6,13,15H,5,7-11H2,1-2H3/t13-,15-/m0/s1. The smallest absolute Gasteiger partial charge is 0.248 e. The van der Waals surface area contributed by atoms with Crippen molar-refractivity contribution in [2.45, 2.75) is 26.0 Å². The number of carbonyl (C=O) groups is 1. The molecule has 0 spiro atoms. The molecule has 2 atom stereocenters. The fourth-order valence-corrected chi connectivity index (χ4v) is 3.26. The second-order valence-electron chi connectivity index (χ2n) is 6.17. The molecule has 0 aromatic carbocycles. The monoisotopic (exact) mass is 289 g/mol. The molecule has 2 aliphatic rings. The molecule has 114 valence electrons. The van der Waals surface area contributed by atoms with Crippen LogP contribution in [0.1, 0.15) is 17.7 Å². The van der Waals surface area contributed by atoms with Crippen molar-refractivity contribution in [1.82, 2.24) is 14.8 Å². The third-order valence-electron chi connectivity index (χ3n) is 4.59. The number of pyridine rings is 1. The molecule has 3 heterocycles. The first-order valence-corrected chi connectivity index (χ1v) is 7.62. The zero-order valence-electron chi connectivity index (χ0n) is 12.8. The number of hydrogen-bond donors (Lipinski definition) is 0. The van der Waals surface area contributed by atoms with Gasteiger partial charge >= 0.3 is 0 Å². The Morgan fingerprint density at radius 1 is 1.43 bits per heavy atom. The van der Waals surface area contributed by atoms with Crippen LogP contribution in [0.4, 0.5) is 0 Å². The third kappa shape index (κ3) is 3.24. The molecule has 2 aliphatic heterocycles. The van der Waals surface area contributed by atoms with Crippen molar-refractivity contribution >= 4 is 5.91 Å². The Morgan fingerprint density at radius 2 is 2.29 bits per heavy atom. The maximum atomic E-state index is 11.8. The summed E-state index contributed by atoms with van der Waals surface area (Å²) < 4.78 is 5.78. The zero-order valence-corrected chi connectivity index (χ0v) is 12.8. The lowest BCUT2D eigenvalue weighted by atomic mass is 9.94. The largest absolute Gasteiger partial charge is 0.368 e. The highest BCUT2D eigenvalue weighted by Gasteiger charge is 2.34. The molecular formula is C16H23N3O2. The van der Waals surface area contributed by atoms with E-state index in [0.717, 1.165) is 38.3 Å². The predicted octanol–water partition coefficient (Wildman–Crippen LogP) is 1.07. The molecule has 2 fully saturated rings. The van der Waals surface area contributed by atoms with Gasteiger partial charge in [0.2, 0.25) is 5.91 Å².